The van der Waals surface area contributed by atoms with Crippen LogP contribution in [0.2, 0.25) is 0 Å². The van der Waals surface area contributed by atoms with Crippen LogP contribution in [0.25, 0.3) is 0 Å². The van der Waals surface area contributed by atoms with Gasteiger partial charge >= 0.3 is 0 Å². The quantitative estimate of drug-likeness (QED) is 0.696. The normalized spacial score (nSPS) is 15.9. The molecule has 0 aromatic carbocycles. The zero-order valence-corrected chi connectivity index (χ0v) is 7.04. The Hall–Kier alpha value is -0.890. The molecule has 0 bridgehead atoms. The third kappa shape index (κ3) is 1.77. The van der Waals surface area contributed by atoms with Crippen molar-refractivity contribution in [3.63, 3.8) is 0 Å². The van der Waals surface area contributed by atoms with Crippen molar-refractivity contribution in [1.29, 1.82) is 0 Å². The lowest BCUT2D eigenvalue weighted by atomic mass is 9.92. The number of nitrogens with two attached hydrogens (primary N) is 1. The highest BCUT2D eigenvalue weighted by molar-refractivity contribution is 5.19. The van der Waals surface area contributed by atoms with Gasteiger partial charge in [0.2, 0.25) is 0 Å². The van der Waals surface area contributed by atoms with Gasteiger partial charge in [-0.25, -0.2) is 0 Å². The Morgan fingerprint density at radius 1 is 1.45 bits per heavy atom. The summed E-state index contributed by atoms with van der Waals surface area (Å²) in [7, 11) is 0. The van der Waals surface area contributed by atoms with E-state index in [1.54, 1.807) is 12.4 Å². The predicted molar refractivity (Wildman–Crippen MR) is 46.1 cm³/mol. The third-order valence-corrected chi connectivity index (χ3v) is 2.07. The van der Waals surface area contributed by atoms with Gasteiger partial charge in [-0.15, -0.1) is 0 Å². The molecule has 2 heteroatoms. The van der Waals surface area contributed by atoms with E-state index in [9.17, 15) is 0 Å². The number of hydrogen-bond acceptors (Lipinski definition) is 2. The van der Waals surface area contributed by atoms with E-state index >= 15 is 0 Å². The topological polar surface area (TPSA) is 38.9 Å². The SMILES string of the molecule is CCC(C)(N)c1ccncc1. The molecule has 0 aliphatic heterocycles. The summed E-state index contributed by atoms with van der Waals surface area (Å²) < 4.78 is 0. The fourth-order valence-electron chi connectivity index (χ4n) is 0.937. The van der Waals surface area contributed by atoms with Gasteiger partial charge in [0.05, 0.1) is 0 Å². The minimum atomic E-state index is -0.205. The molecule has 1 rings (SSSR count). The standard InChI is InChI=1S/C9H14N2/c1-3-9(2,10)8-4-6-11-7-5-8/h4-7H,3,10H2,1-2H3. The molecule has 60 valence electrons. The van der Waals surface area contributed by atoms with E-state index in [2.05, 4.69) is 11.9 Å². The van der Waals surface area contributed by atoms with Crippen LogP contribution >= 0.6 is 0 Å². The zero-order valence-electron chi connectivity index (χ0n) is 7.04. The maximum absolute atomic E-state index is 6.01. The number of hydrogen-bond donors (Lipinski definition) is 1. The van der Waals surface area contributed by atoms with E-state index in [0.717, 1.165) is 12.0 Å². The van der Waals surface area contributed by atoms with Crippen molar-refractivity contribution in [2.75, 3.05) is 0 Å². The Labute approximate surface area is 67.5 Å². The fraction of sp³-hybridized carbons (Fsp3) is 0.444. The van der Waals surface area contributed by atoms with Gasteiger partial charge < -0.3 is 5.73 Å². The molecule has 1 aromatic rings. The lowest BCUT2D eigenvalue weighted by Gasteiger charge is -2.22. The first-order chi connectivity index (χ1) is 5.17. The van der Waals surface area contributed by atoms with Crippen LogP contribution in [0.1, 0.15) is 25.8 Å². The summed E-state index contributed by atoms with van der Waals surface area (Å²) in [5, 5.41) is 0. The summed E-state index contributed by atoms with van der Waals surface area (Å²) in [5.41, 5.74) is 6.95. The maximum Gasteiger partial charge on any atom is 0.0379 e. The molecule has 1 aromatic heterocycles. The molecule has 2 nitrogen and oxygen atoms in total. The molecule has 0 saturated carbocycles. The highest BCUT2D eigenvalue weighted by Crippen LogP contribution is 2.19. The first-order valence-corrected chi connectivity index (χ1v) is 3.86. The molecule has 0 aliphatic rings. The largest absolute Gasteiger partial charge is 0.322 e. The van der Waals surface area contributed by atoms with E-state index in [4.69, 9.17) is 5.73 Å². The van der Waals surface area contributed by atoms with Crippen molar-refractivity contribution in [1.82, 2.24) is 4.98 Å². The van der Waals surface area contributed by atoms with Crippen LogP contribution < -0.4 is 5.73 Å². The summed E-state index contributed by atoms with van der Waals surface area (Å²) in [6, 6.07) is 3.92. The lowest BCUT2D eigenvalue weighted by Crippen LogP contribution is -2.31. The Morgan fingerprint density at radius 2 is 2.00 bits per heavy atom. The molecule has 2 N–H and O–H groups in total. The highest BCUT2D eigenvalue weighted by atomic mass is 14.7. The first-order valence-electron chi connectivity index (χ1n) is 3.86. The van der Waals surface area contributed by atoms with Crippen LogP contribution in [0.3, 0.4) is 0 Å². The van der Waals surface area contributed by atoms with E-state index < -0.39 is 0 Å². The van der Waals surface area contributed by atoms with Gasteiger partial charge in [0.1, 0.15) is 0 Å². The number of nitrogens with zero attached hydrogens (tertiary/aromatic N) is 1. The zero-order chi connectivity index (χ0) is 8.32. The van der Waals surface area contributed by atoms with Crippen LogP contribution in [-0.4, -0.2) is 4.98 Å². The van der Waals surface area contributed by atoms with Crippen LogP contribution in [0.15, 0.2) is 24.5 Å². The Morgan fingerprint density at radius 3 is 2.45 bits per heavy atom. The lowest BCUT2D eigenvalue weighted by molar-refractivity contribution is 0.476. The van der Waals surface area contributed by atoms with Crippen molar-refractivity contribution in [2.24, 2.45) is 5.73 Å². The number of rotatable bonds is 2. The summed E-state index contributed by atoms with van der Waals surface area (Å²) >= 11 is 0. The van der Waals surface area contributed by atoms with E-state index in [1.807, 2.05) is 19.1 Å². The van der Waals surface area contributed by atoms with Gasteiger partial charge in [0.15, 0.2) is 0 Å². The van der Waals surface area contributed by atoms with Crippen LogP contribution in [-0.2, 0) is 5.54 Å². The summed E-state index contributed by atoms with van der Waals surface area (Å²) in [6.45, 7) is 4.11. The second kappa shape index (κ2) is 3.01. The van der Waals surface area contributed by atoms with Gasteiger partial charge in [-0.2, -0.15) is 0 Å². The molecular formula is C9H14N2. The summed E-state index contributed by atoms with van der Waals surface area (Å²) in [5.74, 6) is 0. The minimum absolute atomic E-state index is 0.205. The monoisotopic (exact) mass is 150 g/mol. The second-order valence-corrected chi connectivity index (χ2v) is 3.01. The molecule has 0 spiro atoms. The van der Waals surface area contributed by atoms with Crippen molar-refractivity contribution < 1.29 is 0 Å². The molecule has 1 unspecified atom stereocenters. The molecular weight excluding hydrogens is 136 g/mol. The average molecular weight is 150 g/mol. The van der Waals surface area contributed by atoms with E-state index in [-0.39, 0.29) is 5.54 Å². The van der Waals surface area contributed by atoms with Gasteiger partial charge in [-0.05, 0) is 31.0 Å². The summed E-state index contributed by atoms with van der Waals surface area (Å²) in [6.07, 6.45) is 4.49. The third-order valence-electron chi connectivity index (χ3n) is 2.07. The van der Waals surface area contributed by atoms with Crippen LogP contribution in [0, 0.1) is 0 Å². The maximum atomic E-state index is 6.01. The number of pyridine rings is 1. The van der Waals surface area contributed by atoms with Crippen molar-refractivity contribution in [3.05, 3.63) is 30.1 Å². The highest BCUT2D eigenvalue weighted by Gasteiger charge is 2.17. The fourth-order valence-corrected chi connectivity index (χ4v) is 0.937. The van der Waals surface area contributed by atoms with Gasteiger partial charge in [-0.1, -0.05) is 6.92 Å². The van der Waals surface area contributed by atoms with Crippen molar-refractivity contribution in [2.45, 2.75) is 25.8 Å². The van der Waals surface area contributed by atoms with Gasteiger partial charge in [0.25, 0.3) is 0 Å². The average Bonchev–Trinajstić information content (AvgIpc) is 2.06. The van der Waals surface area contributed by atoms with Gasteiger partial charge in [0, 0.05) is 17.9 Å². The number of aromatic nitrogens is 1. The summed E-state index contributed by atoms with van der Waals surface area (Å²) in [4.78, 5) is 3.94. The molecule has 0 amide bonds. The van der Waals surface area contributed by atoms with E-state index in [1.165, 1.54) is 0 Å². The molecule has 0 radical (unpaired) electrons. The molecule has 0 saturated heterocycles. The first kappa shape index (κ1) is 8.21. The molecule has 1 atom stereocenters. The Kier molecular flexibility index (Phi) is 2.25. The minimum Gasteiger partial charge on any atom is -0.322 e. The molecule has 0 aliphatic carbocycles. The Bertz CT molecular complexity index is 216. The molecule has 11 heavy (non-hydrogen) atoms. The van der Waals surface area contributed by atoms with E-state index in [0.29, 0.717) is 0 Å². The van der Waals surface area contributed by atoms with Crippen LogP contribution in [0.4, 0.5) is 0 Å². The predicted octanol–water partition coefficient (Wildman–Crippen LogP) is 1.67. The molecule has 1 heterocycles. The Balaban J connectivity index is 2.93. The van der Waals surface area contributed by atoms with Crippen molar-refractivity contribution >= 4 is 0 Å². The van der Waals surface area contributed by atoms with Crippen molar-refractivity contribution in [3.8, 4) is 0 Å². The van der Waals surface area contributed by atoms with Gasteiger partial charge in [-0.3, -0.25) is 4.98 Å². The second-order valence-electron chi connectivity index (χ2n) is 3.01. The molecule has 0 fully saturated rings. The van der Waals surface area contributed by atoms with Crippen LogP contribution in [0.5, 0.6) is 0 Å². The smallest absolute Gasteiger partial charge is 0.0379 e.